The van der Waals surface area contributed by atoms with Gasteiger partial charge in [-0.2, -0.15) is 0 Å². The Kier molecular flexibility index (Phi) is 5.82. The lowest BCUT2D eigenvalue weighted by atomic mass is 10.1. The summed E-state index contributed by atoms with van der Waals surface area (Å²) in [7, 11) is 0. The Morgan fingerprint density at radius 3 is 0.905 bits per heavy atom. The summed E-state index contributed by atoms with van der Waals surface area (Å²) in [6.45, 7) is 0. The molecule has 0 fully saturated rings. The van der Waals surface area contributed by atoms with Crippen LogP contribution in [0.4, 0.5) is 0 Å². The van der Waals surface area contributed by atoms with Gasteiger partial charge < -0.3 is 9.13 Å². The van der Waals surface area contributed by atoms with E-state index in [0.717, 1.165) is 0 Å². The largest absolute Gasteiger partial charge is 0.309 e. The van der Waals surface area contributed by atoms with E-state index >= 15 is 0 Å². The Labute approximate surface area is 244 Å². The van der Waals surface area contributed by atoms with E-state index in [1.807, 2.05) is 0 Å². The molecule has 0 bridgehead atoms. The van der Waals surface area contributed by atoms with Crippen molar-refractivity contribution < 1.29 is 0 Å². The highest BCUT2D eigenvalue weighted by Crippen LogP contribution is 2.33. The third kappa shape index (κ3) is 4.05. The molecule has 6 aromatic carbocycles. The fourth-order valence-corrected chi connectivity index (χ4v) is 6.20. The van der Waals surface area contributed by atoms with E-state index in [4.69, 9.17) is 0 Å². The number of hydrogen-bond acceptors (Lipinski definition) is 0. The number of benzene rings is 6. The minimum Gasteiger partial charge on any atom is -0.309 e. The second-order valence-corrected chi connectivity index (χ2v) is 10.6. The third-order valence-electron chi connectivity index (χ3n) is 8.15. The lowest BCUT2D eigenvalue weighted by Crippen LogP contribution is -1.93. The summed E-state index contributed by atoms with van der Waals surface area (Å²) < 4.78 is 4.70. The van der Waals surface area contributed by atoms with E-state index in [9.17, 15) is 0 Å². The minimum absolute atomic E-state index is 1.17. The number of allylic oxidation sites excluding steroid dienone is 2. The van der Waals surface area contributed by atoms with Gasteiger partial charge in [0.2, 0.25) is 0 Å². The molecule has 0 aliphatic rings. The van der Waals surface area contributed by atoms with E-state index in [0.29, 0.717) is 0 Å². The number of fused-ring (bicyclic) bond motifs is 6. The monoisotopic (exact) mass is 536 g/mol. The topological polar surface area (TPSA) is 9.86 Å². The molecule has 0 atom stereocenters. The molecule has 0 saturated heterocycles. The molecule has 2 nitrogen and oxygen atoms in total. The highest BCUT2D eigenvalue weighted by atomic mass is 15.0. The molecular weight excluding hydrogens is 508 g/mol. The molecule has 8 aromatic rings. The van der Waals surface area contributed by atoms with Gasteiger partial charge in [-0.15, -0.1) is 0 Å². The summed E-state index contributed by atoms with van der Waals surface area (Å²) in [6, 6.07) is 52.0. The number of para-hydroxylation sites is 4. The number of rotatable bonds is 5. The second kappa shape index (κ2) is 10.1. The summed E-state index contributed by atoms with van der Waals surface area (Å²) in [6.07, 6.45) is 8.52. The van der Waals surface area contributed by atoms with Crippen LogP contribution in [0, 0.1) is 0 Å². The second-order valence-electron chi connectivity index (χ2n) is 10.6. The Morgan fingerprint density at radius 2 is 0.595 bits per heavy atom. The SMILES string of the molecule is C(C=Cc1ccc(-n2c3ccccc3c3ccccc32)cc1)=Cc1ccc(-n2c3ccccc3c3ccccc32)cc1. The molecule has 2 heteroatoms. The van der Waals surface area contributed by atoms with Gasteiger partial charge in [-0.3, -0.25) is 0 Å². The van der Waals surface area contributed by atoms with Gasteiger partial charge in [0.25, 0.3) is 0 Å². The van der Waals surface area contributed by atoms with E-state index in [1.54, 1.807) is 0 Å². The lowest BCUT2D eigenvalue weighted by Gasteiger charge is -2.08. The van der Waals surface area contributed by atoms with Crippen LogP contribution < -0.4 is 0 Å². The van der Waals surface area contributed by atoms with Crippen LogP contribution in [-0.2, 0) is 0 Å². The average molecular weight is 537 g/mol. The normalized spacial score (nSPS) is 12.1. The van der Waals surface area contributed by atoms with Crippen molar-refractivity contribution in [1.29, 1.82) is 0 Å². The van der Waals surface area contributed by atoms with Crippen LogP contribution >= 0.6 is 0 Å². The molecule has 198 valence electrons. The summed E-state index contributed by atoms with van der Waals surface area (Å²) in [5.41, 5.74) is 9.61. The van der Waals surface area contributed by atoms with Crippen molar-refractivity contribution in [3.05, 3.63) is 169 Å². The molecule has 0 amide bonds. The Balaban J connectivity index is 1.02. The molecule has 0 unspecified atom stereocenters. The van der Waals surface area contributed by atoms with Crippen LogP contribution in [-0.4, -0.2) is 9.13 Å². The zero-order valence-corrected chi connectivity index (χ0v) is 23.1. The van der Waals surface area contributed by atoms with Crippen molar-refractivity contribution in [3.8, 4) is 11.4 Å². The predicted molar refractivity (Wildman–Crippen MR) is 180 cm³/mol. The highest BCUT2D eigenvalue weighted by molar-refractivity contribution is 6.10. The molecule has 42 heavy (non-hydrogen) atoms. The zero-order chi connectivity index (χ0) is 27.9. The molecule has 2 aromatic heterocycles. The maximum atomic E-state index is 2.35. The number of aromatic nitrogens is 2. The van der Waals surface area contributed by atoms with Crippen LogP contribution in [0.15, 0.2) is 158 Å². The minimum atomic E-state index is 1.17. The van der Waals surface area contributed by atoms with Crippen LogP contribution in [0.5, 0.6) is 0 Å². The molecule has 0 aliphatic carbocycles. The molecular formula is C40H28N2. The number of hydrogen-bond donors (Lipinski definition) is 0. The van der Waals surface area contributed by atoms with Crippen molar-refractivity contribution in [1.82, 2.24) is 9.13 Å². The van der Waals surface area contributed by atoms with E-state index < -0.39 is 0 Å². The van der Waals surface area contributed by atoms with Gasteiger partial charge in [-0.25, -0.2) is 0 Å². The molecule has 0 spiro atoms. The van der Waals surface area contributed by atoms with Crippen molar-refractivity contribution in [3.63, 3.8) is 0 Å². The molecule has 8 rings (SSSR count). The van der Waals surface area contributed by atoms with Gasteiger partial charge in [0.05, 0.1) is 22.1 Å². The third-order valence-corrected chi connectivity index (χ3v) is 8.15. The van der Waals surface area contributed by atoms with Crippen LogP contribution in [0.3, 0.4) is 0 Å². The maximum Gasteiger partial charge on any atom is 0.0541 e. The standard InChI is InChI=1S/C40H28N2/c1(11-29-21-25-31(26-22-29)41-37-17-7-3-13-33(37)34-14-4-8-18-38(34)41)2-12-30-23-27-32(28-24-30)42-39-19-9-5-15-35(39)36-16-6-10-20-40(36)42/h1-28H. The van der Waals surface area contributed by atoms with Crippen LogP contribution in [0.1, 0.15) is 11.1 Å². The first-order valence-corrected chi connectivity index (χ1v) is 14.4. The van der Waals surface area contributed by atoms with Crippen LogP contribution in [0.2, 0.25) is 0 Å². The Morgan fingerprint density at radius 1 is 0.310 bits per heavy atom. The van der Waals surface area contributed by atoms with Gasteiger partial charge in [-0.1, -0.05) is 121 Å². The Bertz CT molecular complexity index is 2000. The van der Waals surface area contributed by atoms with E-state index in [-0.39, 0.29) is 0 Å². The zero-order valence-electron chi connectivity index (χ0n) is 23.1. The smallest absolute Gasteiger partial charge is 0.0541 e. The Hall–Kier alpha value is -5.60. The van der Waals surface area contributed by atoms with Crippen molar-refractivity contribution >= 4 is 55.8 Å². The van der Waals surface area contributed by atoms with Gasteiger partial charge >= 0.3 is 0 Å². The molecule has 0 N–H and O–H groups in total. The van der Waals surface area contributed by atoms with Gasteiger partial charge in [0, 0.05) is 32.9 Å². The first kappa shape index (κ1) is 24.2. The van der Waals surface area contributed by atoms with Crippen molar-refractivity contribution in [2.45, 2.75) is 0 Å². The quantitative estimate of drug-likeness (QED) is 0.194. The first-order valence-electron chi connectivity index (χ1n) is 14.4. The molecule has 0 aliphatic heterocycles. The molecule has 0 radical (unpaired) electrons. The van der Waals surface area contributed by atoms with E-state index in [1.165, 1.54) is 66.1 Å². The average Bonchev–Trinajstić information content (AvgIpc) is 3.57. The summed E-state index contributed by atoms with van der Waals surface area (Å²) in [5.74, 6) is 0. The summed E-state index contributed by atoms with van der Waals surface area (Å²) >= 11 is 0. The fraction of sp³-hybridized carbons (Fsp3) is 0. The van der Waals surface area contributed by atoms with Gasteiger partial charge in [0.1, 0.15) is 0 Å². The van der Waals surface area contributed by atoms with Gasteiger partial charge in [-0.05, 0) is 59.7 Å². The summed E-state index contributed by atoms with van der Waals surface area (Å²) in [5, 5.41) is 5.13. The maximum absolute atomic E-state index is 2.35. The van der Waals surface area contributed by atoms with Crippen molar-refractivity contribution in [2.24, 2.45) is 0 Å². The summed E-state index contributed by atoms with van der Waals surface area (Å²) in [4.78, 5) is 0. The lowest BCUT2D eigenvalue weighted by molar-refractivity contribution is 1.18. The first-order chi connectivity index (χ1) is 20.8. The predicted octanol–water partition coefficient (Wildman–Crippen LogP) is 10.6. The van der Waals surface area contributed by atoms with Gasteiger partial charge in [0.15, 0.2) is 0 Å². The van der Waals surface area contributed by atoms with Crippen molar-refractivity contribution in [2.75, 3.05) is 0 Å². The molecule has 2 heterocycles. The fourth-order valence-electron chi connectivity index (χ4n) is 6.20. The number of nitrogens with zero attached hydrogens (tertiary/aromatic N) is 2. The van der Waals surface area contributed by atoms with Crippen LogP contribution in [0.25, 0.3) is 67.1 Å². The van der Waals surface area contributed by atoms with E-state index in [2.05, 4.69) is 179 Å². The highest BCUT2D eigenvalue weighted by Gasteiger charge is 2.12. The molecule has 0 saturated carbocycles.